The van der Waals surface area contributed by atoms with Crippen LogP contribution in [0.15, 0.2) is 22.1 Å². The first-order chi connectivity index (χ1) is 4.70. The summed E-state index contributed by atoms with van der Waals surface area (Å²) in [5, 5.41) is 2.19. The molecule has 1 heterocycles. The van der Waals surface area contributed by atoms with Gasteiger partial charge in [-0.25, -0.2) is 0 Å². The third kappa shape index (κ3) is 1.81. The summed E-state index contributed by atoms with van der Waals surface area (Å²) >= 11 is 1.81. The van der Waals surface area contributed by atoms with E-state index in [1.54, 1.807) is 0 Å². The maximum Gasteiger partial charge on any atom is 0.0364 e. The summed E-state index contributed by atoms with van der Waals surface area (Å²) in [6, 6.07) is 0. The maximum absolute atomic E-state index is 2.25. The van der Waals surface area contributed by atoms with Crippen LogP contribution < -0.4 is 0 Å². The lowest BCUT2D eigenvalue weighted by molar-refractivity contribution is 0.467. The van der Waals surface area contributed by atoms with Gasteiger partial charge in [0.05, 0.1) is 0 Å². The van der Waals surface area contributed by atoms with E-state index in [0.29, 0.717) is 0 Å². The van der Waals surface area contributed by atoms with Crippen LogP contribution in [0.1, 0.15) is 13.8 Å². The molecule has 1 nitrogen and oxygen atoms in total. The molecule has 0 amide bonds. The third-order valence-electron chi connectivity index (χ3n) is 1.67. The Kier molecular flexibility index (Phi) is 2.44. The first kappa shape index (κ1) is 7.73. The highest BCUT2D eigenvalue weighted by Crippen LogP contribution is 2.22. The second kappa shape index (κ2) is 3.15. The highest BCUT2D eigenvalue weighted by atomic mass is 32.2. The molecule has 1 aliphatic rings. The van der Waals surface area contributed by atoms with Crippen LogP contribution in [0.2, 0.25) is 0 Å². The van der Waals surface area contributed by atoms with Crippen LogP contribution in [0.4, 0.5) is 0 Å². The number of hydrogen-bond acceptors (Lipinski definition) is 2. The highest BCUT2D eigenvalue weighted by molar-refractivity contribution is 8.05. The first-order valence-corrected chi connectivity index (χ1v) is 4.29. The van der Waals surface area contributed by atoms with Crippen LogP contribution >= 0.6 is 11.8 Å². The minimum atomic E-state index is 1.04. The summed E-state index contributed by atoms with van der Waals surface area (Å²) < 4.78 is 0. The van der Waals surface area contributed by atoms with Crippen molar-refractivity contribution in [3.63, 3.8) is 0 Å². The van der Waals surface area contributed by atoms with Crippen LogP contribution in [0.3, 0.4) is 0 Å². The van der Waals surface area contributed by atoms with Crippen LogP contribution in [0.25, 0.3) is 0 Å². The van der Waals surface area contributed by atoms with E-state index in [-0.39, 0.29) is 0 Å². The molecule has 0 spiro atoms. The van der Waals surface area contributed by atoms with E-state index in [0.717, 1.165) is 6.54 Å². The van der Waals surface area contributed by atoms with Gasteiger partial charge in [0, 0.05) is 19.3 Å². The van der Waals surface area contributed by atoms with Gasteiger partial charge >= 0.3 is 0 Å². The average Bonchev–Trinajstić information content (AvgIpc) is 2.04. The van der Waals surface area contributed by atoms with Crippen molar-refractivity contribution < 1.29 is 0 Å². The van der Waals surface area contributed by atoms with Crippen molar-refractivity contribution in [1.29, 1.82) is 0 Å². The molecule has 1 rings (SSSR count). The van der Waals surface area contributed by atoms with E-state index in [2.05, 4.69) is 37.3 Å². The van der Waals surface area contributed by atoms with Gasteiger partial charge in [-0.05, 0) is 24.2 Å². The minimum absolute atomic E-state index is 1.04. The quantitative estimate of drug-likeness (QED) is 0.528. The largest absolute Gasteiger partial charge is 0.374 e. The molecule has 0 bridgehead atoms. The Morgan fingerprint density at radius 1 is 1.50 bits per heavy atom. The Balaban J connectivity index is 2.69. The molecule has 0 saturated carbocycles. The van der Waals surface area contributed by atoms with E-state index >= 15 is 0 Å². The van der Waals surface area contributed by atoms with Crippen molar-refractivity contribution >= 4 is 11.8 Å². The number of likely N-dealkylation sites (N-methyl/N-ethyl adjacent to an activating group) is 1. The molecular weight excluding hydrogens is 142 g/mol. The average molecular weight is 155 g/mol. The molecule has 2 heteroatoms. The molecule has 10 heavy (non-hydrogen) atoms. The molecule has 0 radical (unpaired) electrons. The molecule has 0 N–H and O–H groups in total. The SMILES string of the molecule is CC1=CCN(C)C(C)=CS1. The zero-order valence-electron chi connectivity index (χ0n) is 6.72. The van der Waals surface area contributed by atoms with E-state index in [1.165, 1.54) is 10.6 Å². The van der Waals surface area contributed by atoms with Crippen molar-refractivity contribution in [1.82, 2.24) is 4.90 Å². The van der Waals surface area contributed by atoms with Gasteiger partial charge in [-0.3, -0.25) is 0 Å². The van der Waals surface area contributed by atoms with Gasteiger partial charge < -0.3 is 4.90 Å². The molecule has 0 fully saturated rings. The lowest BCUT2D eigenvalue weighted by atomic mass is 10.4. The van der Waals surface area contributed by atoms with Crippen molar-refractivity contribution in [2.24, 2.45) is 0 Å². The van der Waals surface area contributed by atoms with Gasteiger partial charge in [-0.2, -0.15) is 0 Å². The zero-order chi connectivity index (χ0) is 7.56. The zero-order valence-corrected chi connectivity index (χ0v) is 7.53. The third-order valence-corrected chi connectivity index (χ3v) is 2.67. The molecule has 0 aromatic rings. The van der Waals surface area contributed by atoms with Gasteiger partial charge in [0.15, 0.2) is 0 Å². The lowest BCUT2D eigenvalue weighted by Gasteiger charge is -2.15. The van der Waals surface area contributed by atoms with E-state index in [9.17, 15) is 0 Å². The minimum Gasteiger partial charge on any atom is -0.374 e. The molecule has 0 unspecified atom stereocenters. The molecule has 0 atom stereocenters. The molecule has 0 aromatic heterocycles. The topological polar surface area (TPSA) is 3.24 Å². The predicted octanol–water partition coefficient (Wildman–Crippen LogP) is 2.43. The summed E-state index contributed by atoms with van der Waals surface area (Å²) in [4.78, 5) is 3.63. The molecule has 0 aliphatic carbocycles. The second-order valence-corrected chi connectivity index (χ2v) is 3.69. The van der Waals surface area contributed by atoms with Crippen molar-refractivity contribution in [2.45, 2.75) is 13.8 Å². The number of allylic oxidation sites excluding steroid dienone is 2. The van der Waals surface area contributed by atoms with E-state index in [4.69, 9.17) is 0 Å². The summed E-state index contributed by atoms with van der Waals surface area (Å²) in [6.07, 6.45) is 2.25. The summed E-state index contributed by atoms with van der Waals surface area (Å²) in [5.74, 6) is 0. The monoisotopic (exact) mass is 155 g/mol. The second-order valence-electron chi connectivity index (χ2n) is 2.57. The number of hydrogen-bond donors (Lipinski definition) is 0. The molecular formula is C8H13NS. The maximum atomic E-state index is 2.25. The number of nitrogens with zero attached hydrogens (tertiary/aromatic N) is 1. The fourth-order valence-corrected chi connectivity index (χ4v) is 1.43. The van der Waals surface area contributed by atoms with E-state index in [1.807, 2.05) is 11.8 Å². The Morgan fingerprint density at radius 2 is 2.20 bits per heavy atom. The van der Waals surface area contributed by atoms with Crippen molar-refractivity contribution in [2.75, 3.05) is 13.6 Å². The van der Waals surface area contributed by atoms with Gasteiger partial charge in [0.2, 0.25) is 0 Å². The fraction of sp³-hybridized carbons (Fsp3) is 0.500. The molecule has 1 aliphatic heterocycles. The number of rotatable bonds is 0. The Labute approximate surface area is 66.8 Å². The van der Waals surface area contributed by atoms with Gasteiger partial charge in [0.1, 0.15) is 0 Å². The summed E-state index contributed by atoms with van der Waals surface area (Å²) in [6.45, 7) is 5.33. The Bertz CT molecular complexity index is 182. The smallest absolute Gasteiger partial charge is 0.0364 e. The fourth-order valence-electron chi connectivity index (χ4n) is 0.726. The van der Waals surface area contributed by atoms with Crippen LogP contribution in [0, 0.1) is 0 Å². The number of thioether (sulfide) groups is 1. The van der Waals surface area contributed by atoms with E-state index < -0.39 is 0 Å². The van der Waals surface area contributed by atoms with Crippen molar-refractivity contribution in [3.8, 4) is 0 Å². The summed E-state index contributed by atoms with van der Waals surface area (Å²) in [7, 11) is 2.11. The summed E-state index contributed by atoms with van der Waals surface area (Å²) in [5.41, 5.74) is 1.35. The predicted molar refractivity (Wildman–Crippen MR) is 47.7 cm³/mol. The van der Waals surface area contributed by atoms with Crippen LogP contribution in [0.5, 0.6) is 0 Å². The Morgan fingerprint density at radius 3 is 2.90 bits per heavy atom. The Hall–Kier alpha value is -0.370. The van der Waals surface area contributed by atoms with Crippen molar-refractivity contribution in [3.05, 3.63) is 22.1 Å². The van der Waals surface area contributed by atoms with Gasteiger partial charge in [-0.15, -0.1) is 11.8 Å². The van der Waals surface area contributed by atoms with Gasteiger partial charge in [-0.1, -0.05) is 6.08 Å². The van der Waals surface area contributed by atoms with Crippen LogP contribution in [-0.2, 0) is 0 Å². The molecule has 0 aromatic carbocycles. The highest BCUT2D eigenvalue weighted by Gasteiger charge is 2.01. The van der Waals surface area contributed by atoms with Gasteiger partial charge in [0.25, 0.3) is 0 Å². The molecule has 0 saturated heterocycles. The standard InChI is InChI=1S/C8H13NS/c1-7-6-10-8(2)4-5-9(7)3/h4,6H,5H2,1-3H3. The lowest BCUT2D eigenvalue weighted by Crippen LogP contribution is -2.14. The van der Waals surface area contributed by atoms with Crippen LogP contribution in [-0.4, -0.2) is 18.5 Å². The molecule has 56 valence electrons. The first-order valence-electron chi connectivity index (χ1n) is 3.41. The normalized spacial score (nSPS) is 19.7.